The minimum absolute atomic E-state index is 0.220. The summed E-state index contributed by atoms with van der Waals surface area (Å²) in [5.41, 5.74) is 0.666. The van der Waals surface area contributed by atoms with E-state index in [1.165, 1.54) is 23.1 Å². The van der Waals surface area contributed by atoms with Gasteiger partial charge in [-0.25, -0.2) is 0 Å². The van der Waals surface area contributed by atoms with Crippen LogP contribution in [0.4, 0.5) is 5.13 Å². The maximum absolute atomic E-state index is 9.57. The molecule has 0 saturated carbocycles. The Morgan fingerprint density at radius 2 is 2.24 bits per heavy atom. The van der Waals surface area contributed by atoms with E-state index in [2.05, 4.69) is 15.2 Å². The molecule has 0 amide bonds. The lowest BCUT2D eigenvalue weighted by Gasteiger charge is -2.03. The molecular formula is C10H12N4OS2. The van der Waals surface area contributed by atoms with E-state index in [1.54, 1.807) is 18.3 Å². The summed E-state index contributed by atoms with van der Waals surface area (Å²) in [6.07, 6.45) is 1.67. The van der Waals surface area contributed by atoms with Crippen LogP contribution in [-0.4, -0.2) is 34.4 Å². The maximum atomic E-state index is 9.57. The first-order valence-electron chi connectivity index (χ1n) is 4.93. The van der Waals surface area contributed by atoms with Gasteiger partial charge in [0.25, 0.3) is 0 Å². The van der Waals surface area contributed by atoms with Crippen molar-refractivity contribution < 1.29 is 5.11 Å². The Morgan fingerprint density at radius 1 is 1.41 bits per heavy atom. The van der Waals surface area contributed by atoms with Gasteiger partial charge in [0, 0.05) is 26.0 Å². The number of hydrogen-bond acceptors (Lipinski definition) is 7. The lowest BCUT2D eigenvalue weighted by molar-refractivity contribution is 0.467. The summed E-state index contributed by atoms with van der Waals surface area (Å²) in [4.78, 5) is 6.03. The van der Waals surface area contributed by atoms with E-state index in [1.807, 2.05) is 19.0 Å². The van der Waals surface area contributed by atoms with Crippen LogP contribution in [0, 0.1) is 0 Å². The fourth-order valence-electron chi connectivity index (χ4n) is 1.11. The molecule has 7 heteroatoms. The summed E-state index contributed by atoms with van der Waals surface area (Å²) in [7, 11) is 3.86. The first kappa shape index (κ1) is 12.1. The molecule has 0 saturated heterocycles. The van der Waals surface area contributed by atoms with E-state index >= 15 is 0 Å². The molecule has 0 atom stereocenters. The molecule has 0 spiro atoms. The predicted molar refractivity (Wildman–Crippen MR) is 69.7 cm³/mol. The van der Waals surface area contributed by atoms with E-state index < -0.39 is 0 Å². The SMILES string of the molecule is CN(C)c1nnc(SCc2ncccc2O)s1. The average molecular weight is 268 g/mol. The molecule has 2 aromatic heterocycles. The van der Waals surface area contributed by atoms with Crippen molar-refractivity contribution in [1.82, 2.24) is 15.2 Å². The lowest BCUT2D eigenvalue weighted by Crippen LogP contribution is -2.07. The maximum Gasteiger partial charge on any atom is 0.208 e. The summed E-state index contributed by atoms with van der Waals surface area (Å²) < 4.78 is 0.874. The molecular weight excluding hydrogens is 256 g/mol. The highest BCUT2D eigenvalue weighted by Crippen LogP contribution is 2.30. The zero-order valence-electron chi connectivity index (χ0n) is 9.49. The average Bonchev–Trinajstić information content (AvgIpc) is 2.77. The Kier molecular flexibility index (Phi) is 3.80. The van der Waals surface area contributed by atoms with Gasteiger partial charge in [0.2, 0.25) is 5.13 Å². The molecule has 1 N–H and O–H groups in total. The van der Waals surface area contributed by atoms with Crippen molar-refractivity contribution in [2.24, 2.45) is 0 Å². The molecule has 0 aliphatic rings. The van der Waals surface area contributed by atoms with Crippen molar-refractivity contribution in [3.63, 3.8) is 0 Å². The number of pyridine rings is 1. The van der Waals surface area contributed by atoms with Gasteiger partial charge in [-0.2, -0.15) is 0 Å². The van der Waals surface area contributed by atoms with Gasteiger partial charge >= 0.3 is 0 Å². The lowest BCUT2D eigenvalue weighted by atomic mass is 10.3. The van der Waals surface area contributed by atoms with Crippen LogP contribution in [0.2, 0.25) is 0 Å². The van der Waals surface area contributed by atoms with Crippen LogP contribution in [0.3, 0.4) is 0 Å². The van der Waals surface area contributed by atoms with Crippen molar-refractivity contribution >= 4 is 28.2 Å². The number of hydrogen-bond donors (Lipinski definition) is 1. The van der Waals surface area contributed by atoms with Gasteiger partial charge in [0.15, 0.2) is 4.34 Å². The molecule has 90 valence electrons. The number of rotatable bonds is 4. The Balaban J connectivity index is 2.00. The first-order valence-corrected chi connectivity index (χ1v) is 6.73. The van der Waals surface area contributed by atoms with Gasteiger partial charge in [-0.05, 0) is 12.1 Å². The molecule has 0 aromatic carbocycles. The van der Waals surface area contributed by atoms with Crippen LogP contribution in [0.1, 0.15) is 5.69 Å². The zero-order chi connectivity index (χ0) is 12.3. The third-order valence-corrected chi connectivity index (χ3v) is 4.21. The minimum atomic E-state index is 0.220. The van der Waals surface area contributed by atoms with Crippen LogP contribution in [0.15, 0.2) is 22.7 Å². The topological polar surface area (TPSA) is 62.1 Å². The molecule has 0 aliphatic heterocycles. The van der Waals surface area contributed by atoms with Crippen LogP contribution in [0.25, 0.3) is 0 Å². The number of thioether (sulfide) groups is 1. The summed E-state index contributed by atoms with van der Waals surface area (Å²) in [5, 5.41) is 18.5. The van der Waals surface area contributed by atoms with Crippen molar-refractivity contribution in [2.45, 2.75) is 10.1 Å². The summed E-state index contributed by atoms with van der Waals surface area (Å²) in [6.45, 7) is 0. The highest BCUT2D eigenvalue weighted by Gasteiger charge is 2.08. The summed E-state index contributed by atoms with van der Waals surface area (Å²) >= 11 is 3.05. The van der Waals surface area contributed by atoms with Gasteiger partial charge in [0.05, 0.1) is 5.69 Å². The highest BCUT2D eigenvalue weighted by atomic mass is 32.2. The van der Waals surface area contributed by atoms with Crippen LogP contribution >= 0.6 is 23.1 Å². The van der Waals surface area contributed by atoms with Crippen LogP contribution in [0.5, 0.6) is 5.75 Å². The standard InChI is InChI=1S/C10H12N4OS2/c1-14(2)9-12-13-10(17-9)16-6-7-8(15)4-3-5-11-7/h3-5,15H,6H2,1-2H3. The van der Waals surface area contributed by atoms with Crippen molar-refractivity contribution in [3.05, 3.63) is 24.0 Å². The Bertz CT molecular complexity index is 501. The summed E-state index contributed by atoms with van der Waals surface area (Å²) in [5.74, 6) is 0.812. The van der Waals surface area contributed by atoms with Gasteiger partial charge in [-0.3, -0.25) is 4.98 Å². The number of aromatic nitrogens is 3. The Morgan fingerprint density at radius 3 is 2.88 bits per heavy atom. The zero-order valence-corrected chi connectivity index (χ0v) is 11.1. The third-order valence-electron chi connectivity index (χ3n) is 1.98. The molecule has 2 aromatic rings. The van der Waals surface area contributed by atoms with Crippen molar-refractivity contribution in [3.8, 4) is 5.75 Å². The second kappa shape index (κ2) is 5.33. The fourth-order valence-corrected chi connectivity index (χ4v) is 2.83. The number of aromatic hydroxyl groups is 1. The van der Waals surface area contributed by atoms with Crippen LogP contribution in [-0.2, 0) is 5.75 Å². The molecule has 5 nitrogen and oxygen atoms in total. The molecule has 2 rings (SSSR count). The molecule has 0 fully saturated rings. The number of anilines is 1. The first-order chi connectivity index (χ1) is 8.16. The predicted octanol–water partition coefficient (Wildman–Crippen LogP) is 2.00. The van der Waals surface area contributed by atoms with Crippen LogP contribution < -0.4 is 4.90 Å². The molecule has 0 radical (unpaired) electrons. The van der Waals surface area contributed by atoms with E-state index in [4.69, 9.17) is 0 Å². The van der Waals surface area contributed by atoms with E-state index in [-0.39, 0.29) is 5.75 Å². The van der Waals surface area contributed by atoms with Gasteiger partial charge in [-0.15, -0.1) is 10.2 Å². The van der Waals surface area contributed by atoms with Gasteiger partial charge in [-0.1, -0.05) is 23.1 Å². The monoisotopic (exact) mass is 268 g/mol. The Hall–Kier alpha value is -1.34. The minimum Gasteiger partial charge on any atom is -0.506 e. The highest BCUT2D eigenvalue weighted by molar-refractivity contribution is 8.00. The van der Waals surface area contributed by atoms with E-state index in [0.717, 1.165) is 9.47 Å². The summed E-state index contributed by atoms with van der Waals surface area (Å²) in [6, 6.07) is 3.34. The molecule has 17 heavy (non-hydrogen) atoms. The molecule has 0 aliphatic carbocycles. The molecule has 2 heterocycles. The third kappa shape index (κ3) is 3.07. The molecule has 0 bridgehead atoms. The van der Waals surface area contributed by atoms with Gasteiger partial charge < -0.3 is 10.0 Å². The normalized spacial score (nSPS) is 10.5. The quantitative estimate of drug-likeness (QED) is 0.856. The molecule has 0 unspecified atom stereocenters. The number of nitrogens with zero attached hydrogens (tertiary/aromatic N) is 4. The second-order valence-corrected chi connectivity index (χ2v) is 5.68. The fraction of sp³-hybridized carbons (Fsp3) is 0.300. The van der Waals surface area contributed by atoms with Crippen molar-refractivity contribution in [2.75, 3.05) is 19.0 Å². The van der Waals surface area contributed by atoms with Gasteiger partial charge in [0.1, 0.15) is 5.75 Å². The second-order valence-electron chi connectivity index (χ2n) is 3.50. The van der Waals surface area contributed by atoms with E-state index in [0.29, 0.717) is 11.4 Å². The largest absolute Gasteiger partial charge is 0.506 e. The Labute approximate surface area is 108 Å². The van der Waals surface area contributed by atoms with Crippen molar-refractivity contribution in [1.29, 1.82) is 0 Å². The smallest absolute Gasteiger partial charge is 0.208 e. The van der Waals surface area contributed by atoms with E-state index in [9.17, 15) is 5.11 Å².